The van der Waals surface area contributed by atoms with Crippen LogP contribution < -0.4 is 15.4 Å². The molecule has 1 aromatic rings. The summed E-state index contributed by atoms with van der Waals surface area (Å²) in [4.78, 5) is 54.3. The fourth-order valence-electron chi connectivity index (χ4n) is 4.70. The van der Waals surface area contributed by atoms with E-state index in [0.717, 1.165) is 0 Å². The first-order valence-electron chi connectivity index (χ1n) is 13.3. The van der Waals surface area contributed by atoms with Gasteiger partial charge in [-0.05, 0) is 77.2 Å². The van der Waals surface area contributed by atoms with Crippen LogP contribution in [0, 0.1) is 0 Å². The molecule has 1 aromatic carbocycles. The molecule has 1 saturated heterocycles. The average Bonchev–Trinajstić information content (AvgIpc) is 3.54. The van der Waals surface area contributed by atoms with Gasteiger partial charge in [0.25, 0.3) is 21.8 Å². The minimum atomic E-state index is -4.21. The third-order valence-corrected chi connectivity index (χ3v) is 8.06. The molecule has 4 amide bonds. The number of hydrogen-bond donors (Lipinski definition) is 3. The number of nitrogens with one attached hydrogen (secondary N) is 3. The summed E-state index contributed by atoms with van der Waals surface area (Å²) in [5.41, 5.74) is -1.20. The number of carbonyl (C=O) groups is 4. The number of nitrogens with zero attached hydrogens (tertiary/aromatic N) is 1. The monoisotopic (exact) mass is 586 g/mol. The molecule has 3 N–H and O–H groups in total. The molecule has 0 spiro atoms. The second-order valence-corrected chi connectivity index (χ2v) is 13.0. The number of carbonyl (C=O) groups excluding carboxylic acids is 4. The van der Waals surface area contributed by atoms with Gasteiger partial charge in [0.05, 0.1) is 4.90 Å². The van der Waals surface area contributed by atoms with Crippen LogP contribution in [0.3, 0.4) is 0 Å². The Kier molecular flexibility index (Phi) is 9.47. The lowest BCUT2D eigenvalue weighted by Gasteiger charge is -2.33. The van der Waals surface area contributed by atoms with E-state index < -0.39 is 51.0 Å². The molecule has 0 saturated carbocycles. The van der Waals surface area contributed by atoms with Gasteiger partial charge in [-0.1, -0.05) is 36.9 Å². The van der Waals surface area contributed by atoms with Crippen LogP contribution in [0.2, 0.25) is 0 Å². The van der Waals surface area contributed by atoms with Crippen molar-refractivity contribution >= 4 is 33.8 Å². The van der Waals surface area contributed by atoms with Crippen molar-refractivity contribution in [2.75, 3.05) is 6.54 Å². The second kappa shape index (κ2) is 12.3. The molecule has 1 unspecified atom stereocenters. The zero-order valence-corrected chi connectivity index (χ0v) is 24.9. The number of alkyl carbamates (subject to hydrolysis) is 1. The number of benzene rings is 1. The molecular formula is C29H38N4O7S. The maximum atomic E-state index is 13.6. The van der Waals surface area contributed by atoms with Crippen molar-refractivity contribution < 1.29 is 32.3 Å². The maximum absolute atomic E-state index is 13.6. The zero-order valence-electron chi connectivity index (χ0n) is 24.1. The average molecular weight is 587 g/mol. The minimum Gasteiger partial charge on any atom is -0.444 e. The van der Waals surface area contributed by atoms with Crippen LogP contribution >= 0.6 is 0 Å². The normalized spacial score (nSPS) is 20.5. The van der Waals surface area contributed by atoms with Crippen LogP contribution in [0.1, 0.15) is 60.3 Å². The fourth-order valence-corrected chi connectivity index (χ4v) is 5.77. The van der Waals surface area contributed by atoms with Gasteiger partial charge in [-0.25, -0.2) is 17.9 Å². The molecule has 41 heavy (non-hydrogen) atoms. The molecule has 2 atom stereocenters. The van der Waals surface area contributed by atoms with Crippen molar-refractivity contribution in [3.63, 3.8) is 0 Å². The second-order valence-electron chi connectivity index (χ2n) is 11.3. The Bertz CT molecular complexity index is 1390. The Morgan fingerprint density at radius 2 is 1.78 bits per heavy atom. The first-order valence-corrected chi connectivity index (χ1v) is 14.8. The Labute approximate surface area is 241 Å². The molecule has 1 fully saturated rings. The predicted molar refractivity (Wildman–Crippen MR) is 153 cm³/mol. The minimum absolute atomic E-state index is 0.00293. The van der Waals surface area contributed by atoms with Crippen LogP contribution in [0.4, 0.5) is 4.79 Å². The molecule has 1 heterocycles. The van der Waals surface area contributed by atoms with E-state index in [1.54, 1.807) is 52.8 Å². The molecule has 3 rings (SSSR count). The molecule has 0 radical (unpaired) electrons. The summed E-state index contributed by atoms with van der Waals surface area (Å²) in [7, 11) is -4.21. The predicted octanol–water partition coefficient (Wildman–Crippen LogP) is 3.06. The molecule has 12 heteroatoms. The molecular weight excluding hydrogens is 548 g/mol. The largest absolute Gasteiger partial charge is 0.444 e. The molecule has 11 nitrogen and oxygen atoms in total. The van der Waals surface area contributed by atoms with E-state index in [0.29, 0.717) is 24.0 Å². The third-order valence-electron chi connectivity index (χ3n) is 6.71. The number of ether oxygens (including phenoxy) is 1. The van der Waals surface area contributed by atoms with E-state index in [2.05, 4.69) is 21.9 Å². The van der Waals surface area contributed by atoms with E-state index in [9.17, 15) is 27.6 Å². The molecule has 2 aliphatic rings. The Morgan fingerprint density at radius 1 is 1.12 bits per heavy atom. The van der Waals surface area contributed by atoms with Crippen LogP contribution in [-0.4, -0.2) is 60.9 Å². The first kappa shape index (κ1) is 31.6. The number of rotatable bonds is 8. The van der Waals surface area contributed by atoms with Gasteiger partial charge in [0, 0.05) is 13.0 Å². The summed E-state index contributed by atoms with van der Waals surface area (Å²) < 4.78 is 33.2. The third kappa shape index (κ3) is 7.63. The molecule has 1 aliphatic carbocycles. The number of sulfonamides is 1. The number of allylic oxidation sites excluding steroid dienone is 2. The quantitative estimate of drug-likeness (QED) is 0.396. The standard InChI is InChI=1S/C29H38N4O7S/c1-7-20-15-16-29(18-20,26(36)32-41(38,39)21-12-9-8-10-13-21)31-24(34)22-14-11-17-33(22)25(35)23(19(2)3)30-27(37)40-28(4,5)6/h7-10,12-13,15,22H,1,11,14,16-18H2,2-6H3,(H,30,37)(H,31,34)(H,32,36)/t22-,29?/m0/s1. The summed E-state index contributed by atoms with van der Waals surface area (Å²) in [5.74, 6) is -2.06. The van der Waals surface area contributed by atoms with Crippen molar-refractivity contribution in [2.45, 2.75) is 82.4 Å². The lowest BCUT2D eigenvalue weighted by Crippen LogP contribution is -2.61. The van der Waals surface area contributed by atoms with E-state index in [1.165, 1.54) is 29.2 Å². The van der Waals surface area contributed by atoms with Crippen LogP contribution in [-0.2, 0) is 29.1 Å². The smallest absolute Gasteiger partial charge is 0.412 e. The first-order chi connectivity index (χ1) is 19.1. The molecule has 1 aliphatic heterocycles. The van der Waals surface area contributed by atoms with E-state index in [4.69, 9.17) is 4.74 Å². The van der Waals surface area contributed by atoms with Crippen LogP contribution in [0.15, 0.2) is 70.8 Å². The van der Waals surface area contributed by atoms with E-state index >= 15 is 0 Å². The zero-order chi connectivity index (χ0) is 30.6. The van der Waals surface area contributed by atoms with Gasteiger partial charge in [0.1, 0.15) is 22.9 Å². The van der Waals surface area contributed by atoms with Gasteiger partial charge < -0.3 is 15.0 Å². The highest BCUT2D eigenvalue weighted by atomic mass is 32.2. The Morgan fingerprint density at radius 3 is 2.34 bits per heavy atom. The molecule has 0 aromatic heterocycles. The topological polar surface area (TPSA) is 151 Å². The Balaban J connectivity index is 1.82. The molecule has 222 valence electrons. The Hall–Kier alpha value is -3.93. The highest BCUT2D eigenvalue weighted by molar-refractivity contribution is 7.90. The summed E-state index contributed by atoms with van der Waals surface area (Å²) >= 11 is 0. The van der Waals surface area contributed by atoms with E-state index in [-0.39, 0.29) is 30.0 Å². The maximum Gasteiger partial charge on any atom is 0.412 e. The summed E-state index contributed by atoms with van der Waals surface area (Å²) in [6, 6.07) is 6.49. The lowest BCUT2D eigenvalue weighted by molar-refractivity contribution is -0.139. The number of amides is 4. The van der Waals surface area contributed by atoms with Gasteiger partial charge in [0.15, 0.2) is 0 Å². The van der Waals surface area contributed by atoms with Crippen LogP contribution in [0.5, 0.6) is 0 Å². The van der Waals surface area contributed by atoms with Crippen LogP contribution in [0.25, 0.3) is 0 Å². The summed E-state index contributed by atoms with van der Waals surface area (Å²) in [6.07, 6.45) is 3.36. The van der Waals surface area contributed by atoms with Gasteiger partial charge >= 0.3 is 6.09 Å². The van der Waals surface area contributed by atoms with Crippen molar-refractivity contribution in [1.29, 1.82) is 0 Å². The summed E-state index contributed by atoms with van der Waals surface area (Å²) in [5, 5.41) is 5.27. The van der Waals surface area contributed by atoms with Crippen molar-refractivity contribution in [2.24, 2.45) is 0 Å². The van der Waals surface area contributed by atoms with Gasteiger partial charge in [-0.2, -0.15) is 0 Å². The lowest BCUT2D eigenvalue weighted by atomic mass is 9.93. The molecule has 0 bridgehead atoms. The SMILES string of the molecule is C=CC1=CCC(NC(=O)[C@@H]2CCCN2C(=O)C(NC(=O)OC(C)(C)C)=C(C)C)(C(=O)NS(=O)(=O)c2ccccc2)C1. The van der Waals surface area contributed by atoms with Gasteiger partial charge in [0.2, 0.25) is 5.91 Å². The number of hydrogen-bond acceptors (Lipinski definition) is 7. The fraction of sp³-hybridized carbons (Fsp3) is 0.448. The van der Waals surface area contributed by atoms with Crippen molar-refractivity contribution in [3.05, 3.63) is 65.9 Å². The van der Waals surface area contributed by atoms with E-state index in [1.807, 2.05) is 0 Å². The van der Waals surface area contributed by atoms with Gasteiger partial charge in [-0.3, -0.25) is 19.7 Å². The van der Waals surface area contributed by atoms with Gasteiger partial charge in [-0.15, -0.1) is 0 Å². The highest BCUT2D eigenvalue weighted by Gasteiger charge is 2.47. The van der Waals surface area contributed by atoms with Crippen molar-refractivity contribution in [1.82, 2.24) is 20.3 Å². The highest BCUT2D eigenvalue weighted by Crippen LogP contribution is 2.32. The number of likely N-dealkylation sites (tertiary alicyclic amines) is 1. The van der Waals surface area contributed by atoms with Crippen molar-refractivity contribution in [3.8, 4) is 0 Å². The summed E-state index contributed by atoms with van der Waals surface area (Å²) in [6.45, 7) is 12.4.